The molecule has 0 aliphatic heterocycles. The molecule has 0 unspecified atom stereocenters. The largest absolute Gasteiger partial charge is 0.465 e. The number of amides is 1. The summed E-state index contributed by atoms with van der Waals surface area (Å²) < 4.78 is 6.89. The summed E-state index contributed by atoms with van der Waals surface area (Å²) in [5, 5.41) is 16.3. The maximum Gasteiger partial charge on any atom is 0.248 e. The van der Waals surface area contributed by atoms with Crippen molar-refractivity contribution in [1.82, 2.24) is 19.8 Å². The standard InChI is InChI=1S/C18H15N5O2S/c1-11-5-6-13(17-22-23-12(2)20-21-18(23)26-17)10-15(11)19-16(24)8-7-14-4-3-9-25-14/h3-10H,1-2H3,(H,19,24). The van der Waals surface area contributed by atoms with Crippen LogP contribution < -0.4 is 5.32 Å². The Bertz CT molecular complexity index is 1110. The molecule has 26 heavy (non-hydrogen) atoms. The molecule has 1 N–H and O–H groups in total. The lowest BCUT2D eigenvalue weighted by Crippen LogP contribution is -2.09. The summed E-state index contributed by atoms with van der Waals surface area (Å²) in [4.78, 5) is 12.9. The van der Waals surface area contributed by atoms with E-state index in [4.69, 9.17) is 4.42 Å². The zero-order valence-corrected chi connectivity index (χ0v) is 14.9. The molecular formula is C18H15N5O2S. The van der Waals surface area contributed by atoms with E-state index < -0.39 is 0 Å². The molecule has 1 aromatic carbocycles. The first-order valence-corrected chi connectivity index (χ1v) is 8.74. The number of furan rings is 1. The van der Waals surface area contributed by atoms with E-state index in [0.717, 1.165) is 32.6 Å². The van der Waals surface area contributed by atoms with Gasteiger partial charge in [0.05, 0.1) is 6.26 Å². The van der Waals surface area contributed by atoms with E-state index in [2.05, 4.69) is 20.6 Å². The molecular weight excluding hydrogens is 350 g/mol. The summed E-state index contributed by atoms with van der Waals surface area (Å²) in [6.07, 6.45) is 4.63. The minimum absolute atomic E-state index is 0.226. The van der Waals surface area contributed by atoms with Crippen LogP contribution in [0.25, 0.3) is 21.6 Å². The van der Waals surface area contributed by atoms with E-state index in [1.165, 1.54) is 17.4 Å². The number of hydrogen-bond acceptors (Lipinski definition) is 6. The van der Waals surface area contributed by atoms with Gasteiger partial charge in [0.2, 0.25) is 10.9 Å². The number of rotatable bonds is 4. The quantitative estimate of drug-likeness (QED) is 0.557. The maximum atomic E-state index is 12.2. The molecule has 0 spiro atoms. The van der Waals surface area contributed by atoms with Crippen LogP contribution in [0.15, 0.2) is 47.1 Å². The summed E-state index contributed by atoms with van der Waals surface area (Å²) >= 11 is 1.45. The molecule has 7 nitrogen and oxygen atoms in total. The van der Waals surface area contributed by atoms with Gasteiger partial charge in [0.15, 0.2) is 5.82 Å². The van der Waals surface area contributed by atoms with Gasteiger partial charge < -0.3 is 9.73 Å². The van der Waals surface area contributed by atoms with Gasteiger partial charge in [0.25, 0.3) is 0 Å². The second-order valence-corrected chi connectivity index (χ2v) is 6.67. The number of carbonyl (C=O) groups excluding carboxylic acids is 1. The van der Waals surface area contributed by atoms with Crippen molar-refractivity contribution in [2.45, 2.75) is 13.8 Å². The highest BCUT2D eigenvalue weighted by atomic mass is 32.1. The molecule has 1 amide bonds. The number of carbonyl (C=O) groups is 1. The fourth-order valence-electron chi connectivity index (χ4n) is 2.44. The maximum absolute atomic E-state index is 12.2. The van der Waals surface area contributed by atoms with E-state index >= 15 is 0 Å². The van der Waals surface area contributed by atoms with Crippen molar-refractivity contribution in [2.75, 3.05) is 5.32 Å². The summed E-state index contributed by atoms with van der Waals surface area (Å²) in [5.41, 5.74) is 2.61. The van der Waals surface area contributed by atoms with Gasteiger partial charge in [0, 0.05) is 17.3 Å². The lowest BCUT2D eigenvalue weighted by Gasteiger charge is -2.08. The molecule has 0 saturated heterocycles. The van der Waals surface area contributed by atoms with Crippen molar-refractivity contribution in [1.29, 1.82) is 0 Å². The number of aromatic nitrogens is 4. The van der Waals surface area contributed by atoms with Crippen molar-refractivity contribution < 1.29 is 9.21 Å². The number of hydrogen-bond donors (Lipinski definition) is 1. The highest BCUT2D eigenvalue weighted by Gasteiger charge is 2.12. The molecule has 0 aliphatic carbocycles. The van der Waals surface area contributed by atoms with Crippen molar-refractivity contribution >= 4 is 34.0 Å². The van der Waals surface area contributed by atoms with Crippen molar-refractivity contribution in [2.24, 2.45) is 0 Å². The molecule has 4 rings (SSSR count). The van der Waals surface area contributed by atoms with Gasteiger partial charge in [0.1, 0.15) is 10.8 Å². The predicted molar refractivity (Wildman–Crippen MR) is 99.9 cm³/mol. The Balaban J connectivity index is 1.58. The van der Waals surface area contributed by atoms with Gasteiger partial charge in [-0.2, -0.15) is 9.61 Å². The molecule has 0 saturated carbocycles. The Morgan fingerprint density at radius 2 is 2.15 bits per heavy atom. The third kappa shape index (κ3) is 3.14. The van der Waals surface area contributed by atoms with E-state index in [-0.39, 0.29) is 5.91 Å². The average Bonchev–Trinajstić information content (AvgIpc) is 3.34. The van der Waals surface area contributed by atoms with Gasteiger partial charge in [-0.3, -0.25) is 4.79 Å². The summed E-state index contributed by atoms with van der Waals surface area (Å²) in [7, 11) is 0. The second kappa shape index (κ2) is 6.57. The Hall–Kier alpha value is -3.26. The number of aryl methyl sites for hydroxylation is 2. The first-order valence-electron chi connectivity index (χ1n) is 7.92. The zero-order valence-electron chi connectivity index (χ0n) is 14.1. The zero-order chi connectivity index (χ0) is 18.1. The van der Waals surface area contributed by atoms with Crippen LogP contribution in [0.1, 0.15) is 17.1 Å². The smallest absolute Gasteiger partial charge is 0.248 e. The molecule has 3 heterocycles. The number of nitrogens with one attached hydrogen (secondary N) is 1. The molecule has 0 fully saturated rings. The lowest BCUT2D eigenvalue weighted by molar-refractivity contribution is -0.111. The molecule has 0 atom stereocenters. The molecule has 8 heteroatoms. The van der Waals surface area contributed by atoms with Gasteiger partial charge in [-0.1, -0.05) is 23.5 Å². The highest BCUT2D eigenvalue weighted by molar-refractivity contribution is 7.19. The average molecular weight is 365 g/mol. The number of anilines is 1. The van der Waals surface area contributed by atoms with Gasteiger partial charge >= 0.3 is 0 Å². The fourth-order valence-corrected chi connectivity index (χ4v) is 3.32. The molecule has 4 aromatic rings. The van der Waals surface area contributed by atoms with Crippen LogP contribution in [0.4, 0.5) is 5.69 Å². The van der Waals surface area contributed by atoms with Crippen LogP contribution in [-0.2, 0) is 4.79 Å². The Morgan fingerprint density at radius 3 is 2.92 bits per heavy atom. The van der Waals surface area contributed by atoms with E-state index in [1.54, 1.807) is 29.0 Å². The molecule has 3 aromatic heterocycles. The minimum atomic E-state index is -0.226. The van der Waals surface area contributed by atoms with Crippen LogP contribution in [0.5, 0.6) is 0 Å². The third-order valence-electron chi connectivity index (χ3n) is 3.83. The third-order valence-corrected chi connectivity index (χ3v) is 4.78. The van der Waals surface area contributed by atoms with Crippen molar-refractivity contribution in [3.05, 3.63) is 59.8 Å². The molecule has 0 aliphatic rings. The van der Waals surface area contributed by atoms with Gasteiger partial charge in [-0.25, -0.2) is 0 Å². The molecule has 0 radical (unpaired) electrons. The van der Waals surface area contributed by atoms with Gasteiger partial charge in [-0.05, 0) is 43.7 Å². The monoisotopic (exact) mass is 365 g/mol. The first kappa shape index (κ1) is 16.2. The fraction of sp³-hybridized carbons (Fsp3) is 0.111. The topological polar surface area (TPSA) is 85.3 Å². The van der Waals surface area contributed by atoms with Crippen molar-refractivity contribution in [3.63, 3.8) is 0 Å². The molecule has 0 bridgehead atoms. The van der Waals surface area contributed by atoms with E-state index in [0.29, 0.717) is 5.76 Å². The number of fused-ring (bicyclic) bond motifs is 1. The Kier molecular flexibility index (Phi) is 4.10. The number of benzene rings is 1. The van der Waals surface area contributed by atoms with Crippen LogP contribution in [0, 0.1) is 13.8 Å². The Labute approximate surface area is 153 Å². The summed E-state index contributed by atoms with van der Waals surface area (Å²) in [5.74, 6) is 1.14. The summed E-state index contributed by atoms with van der Waals surface area (Å²) in [6.45, 7) is 3.80. The van der Waals surface area contributed by atoms with Crippen LogP contribution in [-0.4, -0.2) is 25.7 Å². The molecule has 130 valence electrons. The van der Waals surface area contributed by atoms with Gasteiger partial charge in [-0.15, -0.1) is 10.2 Å². The van der Waals surface area contributed by atoms with Crippen molar-refractivity contribution in [3.8, 4) is 10.6 Å². The Morgan fingerprint density at radius 1 is 1.27 bits per heavy atom. The highest BCUT2D eigenvalue weighted by Crippen LogP contribution is 2.29. The minimum Gasteiger partial charge on any atom is -0.465 e. The van der Waals surface area contributed by atoms with Crippen LogP contribution in [0.2, 0.25) is 0 Å². The van der Waals surface area contributed by atoms with Crippen LogP contribution >= 0.6 is 11.3 Å². The second-order valence-electron chi connectivity index (χ2n) is 5.72. The van der Waals surface area contributed by atoms with E-state index in [9.17, 15) is 4.79 Å². The SMILES string of the molecule is Cc1ccc(-c2nn3c(C)nnc3s2)cc1NC(=O)C=Cc1ccco1. The summed E-state index contributed by atoms with van der Waals surface area (Å²) in [6, 6.07) is 9.40. The normalized spacial score (nSPS) is 11.5. The first-order chi connectivity index (χ1) is 12.6. The van der Waals surface area contributed by atoms with E-state index in [1.807, 2.05) is 32.0 Å². The lowest BCUT2D eigenvalue weighted by atomic mass is 10.1. The van der Waals surface area contributed by atoms with Crippen LogP contribution in [0.3, 0.4) is 0 Å². The number of nitrogens with zero attached hydrogens (tertiary/aromatic N) is 4. The predicted octanol–water partition coefficient (Wildman–Crippen LogP) is 3.71.